The number of hydrogen-bond acceptors (Lipinski definition) is 11. The van der Waals surface area contributed by atoms with Gasteiger partial charge in [0.05, 0.1) is 30.7 Å². The summed E-state index contributed by atoms with van der Waals surface area (Å²) in [7, 11) is -2.70. The molecule has 0 spiro atoms. The minimum Gasteiger partial charge on any atom is -0.497 e. The van der Waals surface area contributed by atoms with Crippen molar-refractivity contribution in [2.24, 2.45) is 5.92 Å². The molecule has 0 bridgehead atoms. The van der Waals surface area contributed by atoms with Gasteiger partial charge < -0.3 is 29.4 Å². The molecule has 19 heteroatoms. The maximum Gasteiger partial charge on any atom is 0.408 e. The minimum atomic E-state index is -4.36. The lowest BCUT2D eigenvalue weighted by atomic mass is 9.98. The third-order valence-electron chi connectivity index (χ3n) is 13.5. The van der Waals surface area contributed by atoms with Crippen LogP contribution in [0, 0.1) is 5.92 Å². The van der Waals surface area contributed by atoms with Crippen molar-refractivity contribution in [2.75, 3.05) is 13.7 Å². The van der Waals surface area contributed by atoms with Crippen molar-refractivity contribution in [1.82, 2.24) is 24.8 Å². The van der Waals surface area contributed by atoms with E-state index in [1.54, 1.807) is 58.0 Å². The summed E-state index contributed by atoms with van der Waals surface area (Å²) in [6.45, 7) is 9.47. The summed E-state index contributed by atoms with van der Waals surface area (Å²) in [4.78, 5) is 62.8. The fourth-order valence-electron chi connectivity index (χ4n) is 8.93. The van der Waals surface area contributed by atoms with Crippen molar-refractivity contribution < 1.29 is 60.4 Å². The van der Waals surface area contributed by atoms with Crippen LogP contribution in [-0.2, 0) is 35.6 Å². The Labute approximate surface area is 360 Å². The van der Waals surface area contributed by atoms with Crippen LogP contribution >= 0.6 is 0 Å². The number of benzene rings is 1. The molecule has 16 nitrogen and oxygen atoms in total. The van der Waals surface area contributed by atoms with E-state index < -0.39 is 98.4 Å². The Bertz CT molecular complexity index is 2270. The summed E-state index contributed by atoms with van der Waals surface area (Å²) in [6.07, 6.45) is 2.05. The van der Waals surface area contributed by atoms with Crippen molar-refractivity contribution in [3.8, 4) is 17.5 Å². The second-order valence-corrected chi connectivity index (χ2v) is 20.0. The summed E-state index contributed by atoms with van der Waals surface area (Å²) in [5.41, 5.74) is -3.87. The fraction of sp³-hybridized carbons (Fsp3) is 0.651. The number of amides is 4. The first-order valence-corrected chi connectivity index (χ1v) is 22.9. The number of aryl methyl sites for hydroxylation is 1. The highest BCUT2D eigenvalue weighted by atomic mass is 32.2. The van der Waals surface area contributed by atoms with Crippen LogP contribution < -0.4 is 24.2 Å². The Morgan fingerprint density at radius 3 is 2.53 bits per heavy atom. The number of nitrogens with zero attached hydrogens (tertiary/aromatic N) is 3. The molecule has 340 valence electrons. The van der Waals surface area contributed by atoms with Crippen LogP contribution in [0.2, 0.25) is 0 Å². The Morgan fingerprint density at radius 1 is 1.16 bits per heavy atom. The molecule has 3 fully saturated rings. The highest BCUT2D eigenvalue weighted by Crippen LogP contribution is 2.52. The zero-order valence-electron chi connectivity index (χ0n) is 36.2. The number of carbonyl (C=O) groups excluding carboxylic acids is 3. The van der Waals surface area contributed by atoms with Crippen LogP contribution in [0.15, 0.2) is 30.4 Å². The van der Waals surface area contributed by atoms with Crippen molar-refractivity contribution in [2.45, 2.75) is 158 Å². The topological polar surface area (TPSA) is 203 Å². The second-order valence-electron chi connectivity index (χ2n) is 17.8. The van der Waals surface area contributed by atoms with Gasteiger partial charge in [-0.1, -0.05) is 26.0 Å². The standard InChI is InChI=1S/C43H57F2N5O11S/c1-8-24(3)49(39(54)55)33-32(9-2)60-25(4)13-10-11-14-26-22-42(26,38(53)48-62(56,57)40(5)18-19-40)47-34(51)31-23-41(6,43(44,45)50(31)37(33)52)61-36-29-17-16-27(58-7)21-30(29)28-15-12-20-59-35(28)46-36/h11,14,16-17,21,24-26,31-33H,8-10,12-13,15,18-20,22-23H2,1-7H3,(H,47,51)(H,48,53)(H,54,55)/b14-11-/t24?,25-,26-,31+,32+,33+,41-,42-/m1/s1. The molecule has 7 rings (SSSR count). The number of carboxylic acid groups (broad SMARTS) is 1. The highest BCUT2D eigenvalue weighted by Gasteiger charge is 2.71. The first-order chi connectivity index (χ1) is 29.2. The van der Waals surface area contributed by atoms with Crippen molar-refractivity contribution in [3.05, 3.63) is 35.9 Å². The molecule has 1 saturated heterocycles. The Morgan fingerprint density at radius 2 is 1.89 bits per heavy atom. The average molecular weight is 890 g/mol. The number of aromatic nitrogens is 1. The van der Waals surface area contributed by atoms with E-state index in [0.29, 0.717) is 61.7 Å². The maximum atomic E-state index is 17.9. The molecule has 3 aliphatic heterocycles. The number of fused-ring (bicyclic) bond motifs is 5. The number of alkyl halides is 2. The van der Waals surface area contributed by atoms with Crippen LogP contribution in [-0.4, -0.2) is 118 Å². The van der Waals surface area contributed by atoms with Gasteiger partial charge in [-0.05, 0) is 109 Å². The number of halogens is 2. The zero-order chi connectivity index (χ0) is 45.2. The Kier molecular flexibility index (Phi) is 12.0. The van der Waals surface area contributed by atoms with Gasteiger partial charge in [-0.3, -0.25) is 28.9 Å². The van der Waals surface area contributed by atoms with Gasteiger partial charge >= 0.3 is 12.1 Å². The smallest absolute Gasteiger partial charge is 0.408 e. The van der Waals surface area contributed by atoms with Crippen LogP contribution in [0.4, 0.5) is 13.6 Å². The summed E-state index contributed by atoms with van der Waals surface area (Å²) in [5.74, 6) is -3.98. The van der Waals surface area contributed by atoms with Gasteiger partial charge in [-0.15, -0.1) is 0 Å². The van der Waals surface area contributed by atoms with Gasteiger partial charge in [0.1, 0.15) is 23.4 Å². The third kappa shape index (κ3) is 7.80. The van der Waals surface area contributed by atoms with Gasteiger partial charge in [-0.25, -0.2) is 13.2 Å². The lowest BCUT2D eigenvalue weighted by Gasteiger charge is -2.42. The summed E-state index contributed by atoms with van der Waals surface area (Å²) < 4.78 is 87.4. The third-order valence-corrected chi connectivity index (χ3v) is 15.6. The number of pyridine rings is 1. The Hall–Kier alpha value is -4.78. The van der Waals surface area contributed by atoms with E-state index in [9.17, 15) is 27.9 Å². The molecule has 2 saturated carbocycles. The number of ether oxygens (including phenoxy) is 4. The van der Waals surface area contributed by atoms with E-state index in [-0.39, 0.29) is 35.9 Å². The summed E-state index contributed by atoms with van der Waals surface area (Å²) in [5, 5.41) is 14.2. The molecule has 2 aliphatic carbocycles. The molecule has 3 N–H and O–H groups in total. The van der Waals surface area contributed by atoms with E-state index >= 15 is 13.6 Å². The molecule has 1 unspecified atom stereocenters. The first kappa shape index (κ1) is 45.3. The number of methoxy groups -OCH3 is 1. The van der Waals surface area contributed by atoms with Gasteiger partial charge in [0, 0.05) is 29.3 Å². The van der Waals surface area contributed by atoms with Gasteiger partial charge in [0.15, 0.2) is 5.60 Å². The lowest BCUT2D eigenvalue weighted by Crippen LogP contribution is -2.66. The monoisotopic (exact) mass is 889 g/mol. The van der Waals surface area contributed by atoms with Crippen LogP contribution in [0.3, 0.4) is 0 Å². The quantitative estimate of drug-likeness (QED) is 0.201. The SMILES string of the molecule is CCC(C)N(C(=O)O)[C@@H]1C(=O)N2[C@@H](C[C@@](C)(Oc3nc4c(c5cc(OC)ccc35)CCCO4)C2(F)F)C(=O)N[C@]2(C(=O)NS(=O)(=O)C3(C)CC3)C[C@H]2/C=C\CC[C@@H](C)O[C@H]1CC. The van der Waals surface area contributed by atoms with E-state index in [1.165, 1.54) is 14.0 Å². The molecular formula is C43H57F2N5O11S. The maximum absolute atomic E-state index is 17.9. The number of allylic oxidation sites excluding steroid dienone is 1. The fourth-order valence-corrected chi connectivity index (χ4v) is 10.2. The van der Waals surface area contributed by atoms with Crippen molar-refractivity contribution in [3.63, 3.8) is 0 Å². The molecule has 0 radical (unpaired) electrons. The molecular weight excluding hydrogens is 833 g/mol. The lowest BCUT2D eigenvalue weighted by molar-refractivity contribution is -0.220. The highest BCUT2D eigenvalue weighted by molar-refractivity contribution is 7.91. The van der Waals surface area contributed by atoms with Crippen molar-refractivity contribution >= 4 is 44.6 Å². The number of carbonyl (C=O) groups is 4. The van der Waals surface area contributed by atoms with E-state index in [1.807, 2.05) is 0 Å². The predicted octanol–water partition coefficient (Wildman–Crippen LogP) is 5.45. The van der Waals surface area contributed by atoms with E-state index in [0.717, 1.165) is 17.4 Å². The van der Waals surface area contributed by atoms with E-state index in [2.05, 4.69) is 15.0 Å². The number of sulfonamides is 1. The normalized spacial score (nSPS) is 31.4. The number of nitrogens with one attached hydrogen (secondary N) is 2. The molecule has 5 aliphatic rings. The number of rotatable bonds is 10. The molecule has 2 aromatic rings. The van der Waals surface area contributed by atoms with Gasteiger partial charge in [-0.2, -0.15) is 13.8 Å². The zero-order valence-corrected chi connectivity index (χ0v) is 37.0. The Balaban J connectivity index is 1.37. The second kappa shape index (κ2) is 16.4. The van der Waals surface area contributed by atoms with Crippen LogP contribution in [0.5, 0.6) is 17.5 Å². The van der Waals surface area contributed by atoms with Crippen LogP contribution in [0.1, 0.15) is 105 Å². The average Bonchev–Trinajstić information content (AvgIpc) is 4.14. The van der Waals surface area contributed by atoms with Gasteiger partial charge in [0.25, 0.3) is 11.8 Å². The largest absolute Gasteiger partial charge is 0.497 e. The number of hydrogen-bond donors (Lipinski definition) is 3. The summed E-state index contributed by atoms with van der Waals surface area (Å²) in [6, 6.07) is -4.22. The first-order valence-electron chi connectivity index (χ1n) is 21.4. The molecule has 8 atom stereocenters. The molecule has 4 amide bonds. The summed E-state index contributed by atoms with van der Waals surface area (Å²) >= 11 is 0. The van der Waals surface area contributed by atoms with Crippen molar-refractivity contribution in [1.29, 1.82) is 0 Å². The molecule has 1 aromatic heterocycles. The molecule has 62 heavy (non-hydrogen) atoms. The van der Waals surface area contributed by atoms with E-state index in [4.69, 9.17) is 18.9 Å². The minimum absolute atomic E-state index is 0.0358. The molecule has 4 heterocycles. The van der Waals surface area contributed by atoms with Crippen LogP contribution in [0.25, 0.3) is 10.8 Å². The van der Waals surface area contributed by atoms with Gasteiger partial charge in [0.2, 0.25) is 27.7 Å². The predicted molar refractivity (Wildman–Crippen MR) is 221 cm³/mol. The molecule has 1 aromatic carbocycles.